The first-order valence-electron chi connectivity index (χ1n) is 8.67. The molecule has 150 valence electrons. The molecule has 9 heteroatoms. The SMILES string of the molecule is COc1ccc(NC(=O)c2sc(COc3ccc(C)cc3)nc2C)cc1[N+](=O)[O-]. The minimum absolute atomic E-state index is 0.123. The number of nitrogens with zero attached hydrogens (tertiary/aromatic N) is 2. The molecule has 1 heterocycles. The van der Waals surface area contributed by atoms with Gasteiger partial charge in [0.05, 0.1) is 17.7 Å². The van der Waals surface area contributed by atoms with Crippen molar-refractivity contribution in [2.45, 2.75) is 20.5 Å². The molecular weight excluding hydrogens is 394 g/mol. The molecule has 0 bridgehead atoms. The lowest BCUT2D eigenvalue weighted by Gasteiger charge is -2.06. The van der Waals surface area contributed by atoms with Crippen molar-refractivity contribution < 1.29 is 19.2 Å². The third-order valence-corrected chi connectivity index (χ3v) is 5.19. The van der Waals surface area contributed by atoms with Crippen LogP contribution in [0.3, 0.4) is 0 Å². The molecule has 0 aliphatic carbocycles. The van der Waals surface area contributed by atoms with Crippen LogP contribution in [0.1, 0.15) is 25.9 Å². The van der Waals surface area contributed by atoms with Gasteiger partial charge in [-0.05, 0) is 38.1 Å². The monoisotopic (exact) mass is 413 g/mol. The number of aryl methyl sites for hydroxylation is 2. The lowest BCUT2D eigenvalue weighted by molar-refractivity contribution is -0.385. The maximum Gasteiger partial charge on any atom is 0.312 e. The predicted molar refractivity (Wildman–Crippen MR) is 110 cm³/mol. The van der Waals surface area contributed by atoms with E-state index in [0.29, 0.717) is 21.3 Å². The summed E-state index contributed by atoms with van der Waals surface area (Å²) in [6.45, 7) is 3.98. The van der Waals surface area contributed by atoms with Crippen molar-refractivity contribution in [1.29, 1.82) is 0 Å². The molecule has 8 nitrogen and oxygen atoms in total. The highest BCUT2D eigenvalue weighted by molar-refractivity contribution is 7.13. The van der Waals surface area contributed by atoms with E-state index in [1.165, 1.54) is 30.6 Å². The van der Waals surface area contributed by atoms with Gasteiger partial charge in [0.2, 0.25) is 0 Å². The van der Waals surface area contributed by atoms with Gasteiger partial charge in [-0.25, -0.2) is 4.98 Å². The number of nitrogens with one attached hydrogen (secondary N) is 1. The van der Waals surface area contributed by atoms with Gasteiger partial charge in [-0.15, -0.1) is 11.3 Å². The number of carbonyl (C=O) groups excluding carboxylic acids is 1. The molecule has 1 aromatic heterocycles. The number of rotatable bonds is 7. The lowest BCUT2D eigenvalue weighted by Crippen LogP contribution is -2.11. The molecule has 0 unspecified atom stereocenters. The van der Waals surface area contributed by atoms with Crippen LogP contribution in [-0.2, 0) is 6.61 Å². The summed E-state index contributed by atoms with van der Waals surface area (Å²) >= 11 is 1.22. The van der Waals surface area contributed by atoms with E-state index in [1.54, 1.807) is 13.0 Å². The summed E-state index contributed by atoms with van der Waals surface area (Å²) in [7, 11) is 1.35. The van der Waals surface area contributed by atoms with Crippen LogP contribution in [0.25, 0.3) is 0 Å². The van der Waals surface area contributed by atoms with Gasteiger partial charge in [0.1, 0.15) is 22.2 Å². The minimum Gasteiger partial charge on any atom is -0.490 e. The largest absolute Gasteiger partial charge is 0.490 e. The lowest BCUT2D eigenvalue weighted by atomic mass is 10.2. The standard InChI is InChI=1S/C20H19N3O5S/c1-12-4-7-15(8-5-12)28-11-18-21-13(2)19(29-18)20(24)22-14-6-9-17(27-3)16(10-14)23(25)26/h4-10H,11H2,1-3H3,(H,22,24). The van der Waals surface area contributed by atoms with Crippen molar-refractivity contribution in [1.82, 2.24) is 4.98 Å². The number of hydrogen-bond acceptors (Lipinski definition) is 7. The maximum absolute atomic E-state index is 12.6. The van der Waals surface area contributed by atoms with Gasteiger partial charge in [0.25, 0.3) is 5.91 Å². The number of amides is 1. The molecule has 3 rings (SSSR count). The summed E-state index contributed by atoms with van der Waals surface area (Å²) < 4.78 is 10.7. The van der Waals surface area contributed by atoms with Crippen LogP contribution < -0.4 is 14.8 Å². The van der Waals surface area contributed by atoms with Gasteiger partial charge in [-0.2, -0.15) is 0 Å². The van der Waals surface area contributed by atoms with Crippen LogP contribution in [-0.4, -0.2) is 22.9 Å². The molecule has 0 aliphatic rings. The zero-order valence-electron chi connectivity index (χ0n) is 16.1. The van der Waals surface area contributed by atoms with Gasteiger partial charge < -0.3 is 14.8 Å². The van der Waals surface area contributed by atoms with Crippen LogP contribution in [0.4, 0.5) is 11.4 Å². The normalized spacial score (nSPS) is 10.4. The first kappa shape index (κ1) is 20.3. The maximum atomic E-state index is 12.6. The molecule has 0 saturated carbocycles. The number of nitro benzene ring substituents is 1. The second kappa shape index (κ2) is 8.70. The summed E-state index contributed by atoms with van der Waals surface area (Å²) in [6, 6.07) is 11.9. The Balaban J connectivity index is 1.70. The number of ether oxygens (including phenoxy) is 2. The Morgan fingerprint density at radius 2 is 1.93 bits per heavy atom. The van der Waals surface area contributed by atoms with E-state index < -0.39 is 4.92 Å². The van der Waals surface area contributed by atoms with Gasteiger partial charge in [-0.1, -0.05) is 17.7 Å². The van der Waals surface area contributed by atoms with E-state index in [0.717, 1.165) is 11.3 Å². The van der Waals surface area contributed by atoms with Crippen molar-refractivity contribution >= 4 is 28.6 Å². The third-order valence-electron chi connectivity index (χ3n) is 4.06. The zero-order chi connectivity index (χ0) is 21.0. The van der Waals surface area contributed by atoms with E-state index in [-0.39, 0.29) is 24.0 Å². The first-order chi connectivity index (χ1) is 13.9. The Hall–Kier alpha value is -3.46. The molecule has 29 heavy (non-hydrogen) atoms. The number of anilines is 1. The van der Waals surface area contributed by atoms with Crippen LogP contribution >= 0.6 is 11.3 Å². The molecular formula is C20H19N3O5S. The quantitative estimate of drug-likeness (QED) is 0.451. The van der Waals surface area contributed by atoms with E-state index in [9.17, 15) is 14.9 Å². The van der Waals surface area contributed by atoms with Gasteiger partial charge in [0, 0.05) is 11.8 Å². The van der Waals surface area contributed by atoms with Crippen LogP contribution in [0.15, 0.2) is 42.5 Å². The summed E-state index contributed by atoms with van der Waals surface area (Å²) in [5.41, 5.74) is 1.78. The highest BCUT2D eigenvalue weighted by atomic mass is 32.1. The number of carbonyl (C=O) groups is 1. The summed E-state index contributed by atoms with van der Waals surface area (Å²) in [4.78, 5) is 28.0. The fourth-order valence-corrected chi connectivity index (χ4v) is 3.48. The van der Waals surface area contributed by atoms with E-state index in [4.69, 9.17) is 9.47 Å². The predicted octanol–water partition coefficient (Wildman–Crippen LogP) is 4.51. The Kier molecular flexibility index (Phi) is 6.08. The van der Waals surface area contributed by atoms with Crippen LogP contribution in [0.2, 0.25) is 0 Å². The summed E-state index contributed by atoms with van der Waals surface area (Å²) in [6.07, 6.45) is 0. The minimum atomic E-state index is -0.563. The zero-order valence-corrected chi connectivity index (χ0v) is 16.9. The van der Waals surface area contributed by atoms with Crippen molar-refractivity contribution in [2.75, 3.05) is 12.4 Å². The van der Waals surface area contributed by atoms with Crippen molar-refractivity contribution in [3.05, 3.63) is 73.7 Å². The number of aromatic nitrogens is 1. The van der Waals surface area contributed by atoms with Crippen LogP contribution in [0, 0.1) is 24.0 Å². The van der Waals surface area contributed by atoms with Gasteiger partial charge >= 0.3 is 5.69 Å². The molecule has 0 saturated heterocycles. The second-order valence-electron chi connectivity index (χ2n) is 6.22. The molecule has 2 aromatic carbocycles. The molecule has 0 aliphatic heterocycles. The van der Waals surface area contributed by atoms with E-state index in [1.807, 2.05) is 31.2 Å². The fourth-order valence-electron chi connectivity index (χ4n) is 2.60. The number of nitro groups is 1. The Morgan fingerprint density at radius 3 is 2.59 bits per heavy atom. The van der Waals surface area contributed by atoms with Gasteiger partial charge in [-0.3, -0.25) is 14.9 Å². The highest BCUT2D eigenvalue weighted by Crippen LogP contribution is 2.30. The van der Waals surface area contributed by atoms with E-state index in [2.05, 4.69) is 10.3 Å². The summed E-state index contributed by atoms with van der Waals surface area (Å²) in [5, 5.41) is 14.5. The fraction of sp³-hybridized carbons (Fsp3) is 0.200. The molecule has 0 spiro atoms. The Bertz CT molecular complexity index is 1050. The smallest absolute Gasteiger partial charge is 0.312 e. The van der Waals surface area contributed by atoms with Crippen molar-refractivity contribution in [3.63, 3.8) is 0 Å². The summed E-state index contributed by atoms with van der Waals surface area (Å²) in [5.74, 6) is 0.457. The average molecular weight is 413 g/mol. The van der Waals surface area contributed by atoms with Gasteiger partial charge in [0.15, 0.2) is 5.75 Å². The Morgan fingerprint density at radius 1 is 1.21 bits per heavy atom. The molecule has 0 atom stereocenters. The first-order valence-corrected chi connectivity index (χ1v) is 9.48. The second-order valence-corrected chi connectivity index (χ2v) is 7.31. The number of thiazole rings is 1. The number of hydrogen-bond donors (Lipinski definition) is 1. The number of methoxy groups -OCH3 is 1. The third kappa shape index (κ3) is 4.88. The van der Waals surface area contributed by atoms with Crippen molar-refractivity contribution in [2.24, 2.45) is 0 Å². The molecule has 3 aromatic rings. The molecule has 0 fully saturated rings. The van der Waals surface area contributed by atoms with Crippen molar-refractivity contribution in [3.8, 4) is 11.5 Å². The Labute approximate surface area is 171 Å². The van der Waals surface area contributed by atoms with E-state index >= 15 is 0 Å². The molecule has 0 radical (unpaired) electrons. The number of benzene rings is 2. The molecule has 1 amide bonds. The highest BCUT2D eigenvalue weighted by Gasteiger charge is 2.19. The average Bonchev–Trinajstić information content (AvgIpc) is 3.08. The van der Waals surface area contributed by atoms with Crippen LogP contribution in [0.5, 0.6) is 11.5 Å². The molecule has 1 N–H and O–H groups in total. The topological polar surface area (TPSA) is 104 Å².